The number of nitrogens with two attached hydrogens (primary N) is 1. The molecule has 2 N–H and O–H groups in total. The van der Waals surface area contributed by atoms with E-state index < -0.39 is 12.1 Å². The lowest BCUT2D eigenvalue weighted by Gasteiger charge is -2.27. The van der Waals surface area contributed by atoms with E-state index in [1.807, 2.05) is 13.8 Å². The molecule has 3 unspecified atom stereocenters. The molecule has 0 saturated carbocycles. The zero-order valence-corrected chi connectivity index (χ0v) is 12.5. The number of hydrogen-bond acceptors (Lipinski definition) is 3. The Morgan fingerprint density at radius 2 is 2.00 bits per heavy atom. The van der Waals surface area contributed by atoms with Crippen LogP contribution in [0, 0.1) is 5.92 Å². The molecule has 1 aliphatic heterocycles. The van der Waals surface area contributed by atoms with Gasteiger partial charge in [-0.05, 0) is 26.2 Å². The maximum absolute atomic E-state index is 12.9. The second-order valence-electron chi connectivity index (χ2n) is 6.17. The van der Waals surface area contributed by atoms with Crippen molar-refractivity contribution in [1.29, 1.82) is 0 Å². The molecule has 0 saturated heterocycles. The quantitative estimate of drug-likeness (QED) is 0.909. The van der Waals surface area contributed by atoms with E-state index in [2.05, 4.69) is 10.2 Å². The Balaban J connectivity index is 2.05. The second-order valence-corrected chi connectivity index (χ2v) is 6.17. The summed E-state index contributed by atoms with van der Waals surface area (Å²) in [5.41, 5.74) is 5.72. The fourth-order valence-corrected chi connectivity index (χ4v) is 2.85. The SMILES string of the molecule is CC(N)CCCC(C)c1nnc2n1CC(C(F)(F)F)CC2. The molecule has 2 heterocycles. The third-order valence-electron chi connectivity index (χ3n) is 4.18. The summed E-state index contributed by atoms with van der Waals surface area (Å²) in [4.78, 5) is 0. The van der Waals surface area contributed by atoms with Crippen molar-refractivity contribution in [3.63, 3.8) is 0 Å². The van der Waals surface area contributed by atoms with Crippen LogP contribution in [0.1, 0.15) is 57.1 Å². The van der Waals surface area contributed by atoms with Crippen LogP contribution in [0.3, 0.4) is 0 Å². The van der Waals surface area contributed by atoms with Crippen LogP contribution in [0.15, 0.2) is 0 Å². The van der Waals surface area contributed by atoms with E-state index in [4.69, 9.17) is 5.73 Å². The fourth-order valence-electron chi connectivity index (χ4n) is 2.85. The van der Waals surface area contributed by atoms with Crippen LogP contribution in [0.5, 0.6) is 0 Å². The van der Waals surface area contributed by atoms with Crippen molar-refractivity contribution in [3.05, 3.63) is 11.6 Å². The van der Waals surface area contributed by atoms with Crippen LogP contribution in [0.25, 0.3) is 0 Å². The predicted molar refractivity (Wildman–Crippen MR) is 73.8 cm³/mol. The minimum atomic E-state index is -4.14. The number of halogens is 3. The normalized spacial score (nSPS) is 21.9. The lowest BCUT2D eigenvalue weighted by molar-refractivity contribution is -0.182. The average molecular weight is 304 g/mol. The number of nitrogens with zero attached hydrogens (tertiary/aromatic N) is 3. The van der Waals surface area contributed by atoms with Gasteiger partial charge in [0.1, 0.15) is 11.6 Å². The van der Waals surface area contributed by atoms with Gasteiger partial charge in [0.05, 0.1) is 5.92 Å². The smallest absolute Gasteiger partial charge is 0.328 e. The number of alkyl halides is 3. The lowest BCUT2D eigenvalue weighted by Crippen LogP contribution is -2.33. The van der Waals surface area contributed by atoms with Crippen LogP contribution in [-0.4, -0.2) is 27.0 Å². The van der Waals surface area contributed by atoms with Crippen LogP contribution >= 0.6 is 0 Å². The van der Waals surface area contributed by atoms with Gasteiger partial charge in [0.15, 0.2) is 0 Å². The van der Waals surface area contributed by atoms with Crippen molar-refractivity contribution in [2.24, 2.45) is 11.7 Å². The van der Waals surface area contributed by atoms with Crippen molar-refractivity contribution in [3.8, 4) is 0 Å². The maximum atomic E-state index is 12.9. The fraction of sp³-hybridized carbons (Fsp3) is 0.857. The highest BCUT2D eigenvalue weighted by molar-refractivity contribution is 5.05. The molecule has 4 nitrogen and oxygen atoms in total. The summed E-state index contributed by atoms with van der Waals surface area (Å²) >= 11 is 0. The molecule has 0 spiro atoms. The van der Waals surface area contributed by atoms with E-state index in [1.165, 1.54) is 0 Å². The molecule has 0 amide bonds. The number of hydrogen-bond donors (Lipinski definition) is 1. The van der Waals surface area contributed by atoms with E-state index in [1.54, 1.807) is 4.57 Å². The summed E-state index contributed by atoms with van der Waals surface area (Å²) in [6.07, 6.45) is -0.946. The Kier molecular flexibility index (Phi) is 4.91. The molecule has 0 aliphatic carbocycles. The molecule has 0 radical (unpaired) electrons. The number of rotatable bonds is 5. The first-order valence-electron chi connectivity index (χ1n) is 7.53. The summed E-state index contributed by atoms with van der Waals surface area (Å²) in [5, 5.41) is 8.18. The largest absolute Gasteiger partial charge is 0.393 e. The van der Waals surface area contributed by atoms with Gasteiger partial charge in [0, 0.05) is 24.9 Å². The molecule has 3 atom stereocenters. The second kappa shape index (κ2) is 6.34. The van der Waals surface area contributed by atoms with E-state index in [-0.39, 0.29) is 24.9 Å². The predicted octanol–water partition coefficient (Wildman–Crippen LogP) is 3.02. The van der Waals surface area contributed by atoms with Crippen LogP contribution < -0.4 is 5.73 Å². The highest BCUT2D eigenvalue weighted by Gasteiger charge is 2.42. The van der Waals surface area contributed by atoms with E-state index in [0.29, 0.717) is 18.1 Å². The lowest BCUT2D eigenvalue weighted by atomic mass is 9.97. The maximum Gasteiger partial charge on any atom is 0.393 e. The molecule has 7 heteroatoms. The monoisotopic (exact) mass is 304 g/mol. The zero-order chi connectivity index (χ0) is 15.6. The van der Waals surface area contributed by atoms with Crippen LogP contribution in [0.4, 0.5) is 13.2 Å². The molecular weight excluding hydrogens is 281 g/mol. The van der Waals surface area contributed by atoms with Crippen LogP contribution in [0.2, 0.25) is 0 Å². The van der Waals surface area contributed by atoms with Crippen molar-refractivity contribution in [2.75, 3.05) is 0 Å². The first-order valence-corrected chi connectivity index (χ1v) is 7.53. The van der Waals surface area contributed by atoms with Crippen molar-refractivity contribution in [2.45, 2.75) is 70.6 Å². The summed E-state index contributed by atoms with van der Waals surface area (Å²) < 4.78 is 40.4. The number of aryl methyl sites for hydroxylation is 1. The third kappa shape index (κ3) is 3.96. The number of fused-ring (bicyclic) bond motifs is 1. The summed E-state index contributed by atoms with van der Waals surface area (Å²) in [5.74, 6) is 0.196. The highest BCUT2D eigenvalue weighted by atomic mass is 19.4. The van der Waals surface area contributed by atoms with Gasteiger partial charge in [-0.25, -0.2) is 0 Å². The molecule has 0 bridgehead atoms. The Hall–Kier alpha value is -1.11. The van der Waals surface area contributed by atoms with E-state index >= 15 is 0 Å². The van der Waals surface area contributed by atoms with E-state index in [0.717, 1.165) is 19.3 Å². The van der Waals surface area contributed by atoms with Crippen molar-refractivity contribution >= 4 is 0 Å². The minimum absolute atomic E-state index is 0.0429. The van der Waals surface area contributed by atoms with Crippen molar-refractivity contribution in [1.82, 2.24) is 14.8 Å². The Morgan fingerprint density at radius 3 is 2.62 bits per heavy atom. The van der Waals surface area contributed by atoms with Gasteiger partial charge in [-0.15, -0.1) is 10.2 Å². The Bertz CT molecular complexity index is 467. The zero-order valence-electron chi connectivity index (χ0n) is 12.5. The van der Waals surface area contributed by atoms with Crippen molar-refractivity contribution < 1.29 is 13.2 Å². The summed E-state index contributed by atoms with van der Waals surface area (Å²) in [7, 11) is 0. The Morgan fingerprint density at radius 1 is 1.29 bits per heavy atom. The van der Waals surface area contributed by atoms with Gasteiger partial charge in [0.2, 0.25) is 0 Å². The summed E-state index contributed by atoms with van der Waals surface area (Å²) in [6, 6.07) is 0.152. The van der Waals surface area contributed by atoms with Gasteiger partial charge in [-0.1, -0.05) is 13.3 Å². The first kappa shape index (κ1) is 16.3. The molecule has 0 fully saturated rings. The summed E-state index contributed by atoms with van der Waals surface area (Å²) in [6.45, 7) is 3.91. The van der Waals surface area contributed by atoms with Gasteiger partial charge in [-0.2, -0.15) is 13.2 Å². The molecule has 0 aromatic carbocycles. The third-order valence-corrected chi connectivity index (χ3v) is 4.18. The molecular formula is C14H23F3N4. The molecule has 2 rings (SSSR count). The van der Waals surface area contributed by atoms with Gasteiger partial charge in [0.25, 0.3) is 0 Å². The average Bonchev–Trinajstić information content (AvgIpc) is 2.79. The Labute approximate surface area is 122 Å². The van der Waals surface area contributed by atoms with Gasteiger partial charge >= 0.3 is 6.18 Å². The van der Waals surface area contributed by atoms with Crippen LogP contribution in [-0.2, 0) is 13.0 Å². The standard InChI is InChI=1S/C14H23F3N4/c1-9(4-3-5-10(2)18)13-20-19-12-7-6-11(8-21(12)13)14(15,16)17/h9-11H,3-8,18H2,1-2H3. The molecule has 21 heavy (non-hydrogen) atoms. The highest BCUT2D eigenvalue weighted by Crippen LogP contribution is 2.35. The first-order chi connectivity index (χ1) is 9.79. The van der Waals surface area contributed by atoms with E-state index in [9.17, 15) is 13.2 Å². The molecule has 1 aliphatic rings. The molecule has 1 aromatic rings. The van der Waals surface area contributed by atoms with Gasteiger partial charge < -0.3 is 10.3 Å². The number of aromatic nitrogens is 3. The molecule has 120 valence electrons. The van der Waals surface area contributed by atoms with Gasteiger partial charge in [-0.3, -0.25) is 0 Å². The minimum Gasteiger partial charge on any atom is -0.328 e. The topological polar surface area (TPSA) is 56.7 Å². The molecule has 1 aromatic heterocycles.